The second-order valence-electron chi connectivity index (χ2n) is 15.3. The number of nitrogens with two attached hydrogens (primary N) is 1. The Balaban J connectivity index is 0.000000160. The predicted octanol–water partition coefficient (Wildman–Crippen LogP) is 2.54. The van der Waals surface area contributed by atoms with Crippen LogP contribution in [0.2, 0.25) is 0 Å². The molecule has 4 heterocycles. The quantitative estimate of drug-likeness (QED) is 0.220. The zero-order valence-corrected chi connectivity index (χ0v) is 30.1. The van der Waals surface area contributed by atoms with Gasteiger partial charge in [-0.05, 0) is 74.2 Å². The number of phosphoric acid groups is 1. The fourth-order valence-corrected chi connectivity index (χ4v) is 10.5. The highest BCUT2D eigenvalue weighted by molar-refractivity contribution is 7.46. The molecule has 11 atom stereocenters. The highest BCUT2D eigenvalue weighted by atomic mass is 31.2. The highest BCUT2D eigenvalue weighted by Gasteiger charge is 2.59. The van der Waals surface area contributed by atoms with E-state index in [-0.39, 0.29) is 23.3 Å². The van der Waals surface area contributed by atoms with Crippen molar-refractivity contribution >= 4 is 42.3 Å². The van der Waals surface area contributed by atoms with Gasteiger partial charge >= 0.3 is 13.8 Å². The Morgan fingerprint density at radius 1 is 1.18 bits per heavy atom. The molecule has 4 aliphatic carbocycles. The van der Waals surface area contributed by atoms with Crippen LogP contribution in [-0.2, 0) is 28.2 Å². The van der Waals surface area contributed by atoms with E-state index < -0.39 is 39.0 Å². The lowest BCUT2D eigenvalue weighted by molar-refractivity contribution is -0.157. The minimum Gasteiger partial charge on any atom is -0.462 e. The average molecular weight is 731 g/mol. The van der Waals surface area contributed by atoms with Gasteiger partial charge in [-0.1, -0.05) is 19.4 Å². The van der Waals surface area contributed by atoms with Crippen LogP contribution in [-0.4, -0.2) is 90.2 Å². The highest BCUT2D eigenvalue weighted by Crippen LogP contribution is 2.63. The Morgan fingerprint density at radius 3 is 2.67 bits per heavy atom. The van der Waals surface area contributed by atoms with Crippen LogP contribution < -0.4 is 10.7 Å². The number of ketones is 1. The molecule has 16 nitrogen and oxygen atoms in total. The summed E-state index contributed by atoms with van der Waals surface area (Å²) < 4.78 is 28.0. The summed E-state index contributed by atoms with van der Waals surface area (Å²) in [5, 5.41) is 26.8. The summed E-state index contributed by atoms with van der Waals surface area (Å²) in [5.74, 6) is 4.37. The summed E-state index contributed by atoms with van der Waals surface area (Å²) in [5.41, 5.74) is 8.51. The number of aliphatic hydroxyl groups excluding tert-OH is 2. The Morgan fingerprint density at radius 2 is 1.94 bits per heavy atom. The van der Waals surface area contributed by atoms with Gasteiger partial charge in [-0.25, -0.2) is 19.5 Å². The lowest BCUT2D eigenvalue weighted by atomic mass is 9.49. The summed E-state index contributed by atoms with van der Waals surface area (Å²) in [6.45, 7) is 5.70. The van der Waals surface area contributed by atoms with Crippen molar-refractivity contribution < 1.29 is 48.2 Å². The monoisotopic (exact) mass is 730 g/mol. The van der Waals surface area contributed by atoms with Gasteiger partial charge in [0.1, 0.15) is 36.4 Å². The molecule has 1 saturated heterocycles. The molecule has 6 N–H and O–H groups in total. The third kappa shape index (κ3) is 6.42. The minimum absolute atomic E-state index is 0.109. The van der Waals surface area contributed by atoms with Gasteiger partial charge in [0.05, 0.1) is 12.0 Å². The van der Waals surface area contributed by atoms with Crippen molar-refractivity contribution in [3.63, 3.8) is 0 Å². The number of aliphatic hydroxyl groups is 2. The molecule has 0 bridgehead atoms. The van der Waals surface area contributed by atoms with Gasteiger partial charge in [-0.2, -0.15) is 5.10 Å². The number of allylic oxidation sites excluding steroid dienone is 1. The number of nitrogens with zero attached hydrogens (tertiary/aromatic N) is 5. The molecule has 0 spiro atoms. The third-order valence-electron chi connectivity index (χ3n) is 12.3. The van der Waals surface area contributed by atoms with Crippen molar-refractivity contribution in [1.82, 2.24) is 14.5 Å². The van der Waals surface area contributed by atoms with Crippen LogP contribution in [0.5, 0.6) is 0 Å². The second kappa shape index (κ2) is 13.3. The van der Waals surface area contributed by atoms with Crippen molar-refractivity contribution in [2.24, 2.45) is 45.8 Å². The zero-order valence-electron chi connectivity index (χ0n) is 29.2. The number of phosphoric ester groups is 1. The van der Waals surface area contributed by atoms with Gasteiger partial charge in [0.2, 0.25) is 0 Å². The molecule has 2 aromatic heterocycles. The molecular formula is C34H47N6O10P. The van der Waals surface area contributed by atoms with E-state index >= 15 is 0 Å². The number of fused-ring (bicyclic) bond motifs is 5. The van der Waals surface area contributed by atoms with Crippen LogP contribution in [0.1, 0.15) is 77.5 Å². The first-order valence-electron chi connectivity index (χ1n) is 17.6. The van der Waals surface area contributed by atoms with E-state index in [2.05, 4.69) is 33.4 Å². The van der Waals surface area contributed by atoms with Crippen LogP contribution >= 0.6 is 7.82 Å². The van der Waals surface area contributed by atoms with E-state index in [1.807, 2.05) is 6.08 Å². The number of hydrazone groups is 1. The van der Waals surface area contributed by atoms with Crippen molar-refractivity contribution in [3.8, 4) is 0 Å². The zero-order chi connectivity index (χ0) is 36.6. The fraction of sp³-hybridized carbons (Fsp3) is 0.676. The molecule has 4 fully saturated rings. The maximum absolute atomic E-state index is 11.8. The Kier molecular flexibility index (Phi) is 9.43. The van der Waals surface area contributed by atoms with Crippen molar-refractivity contribution in [1.29, 1.82) is 0 Å². The van der Waals surface area contributed by atoms with Gasteiger partial charge in [-0.3, -0.25) is 14.1 Å². The van der Waals surface area contributed by atoms with Crippen molar-refractivity contribution in [2.75, 3.05) is 18.7 Å². The van der Waals surface area contributed by atoms with E-state index in [1.165, 1.54) is 40.7 Å². The number of ether oxygens (including phenoxy) is 2. The molecule has 6 aliphatic rings. The third-order valence-corrected chi connectivity index (χ3v) is 12.8. The maximum Gasteiger partial charge on any atom is 0.469 e. The first-order valence-corrected chi connectivity index (χ1v) is 19.2. The normalized spacial score (nSPS) is 37.1. The number of carbonyl (C=O) groups excluding carboxylic acids is 2. The lowest BCUT2D eigenvalue weighted by Gasteiger charge is -2.55. The topological polar surface area (TPSA) is 232 Å². The number of esters is 1. The molecule has 3 saturated carbocycles. The molecule has 0 unspecified atom stereocenters. The summed E-state index contributed by atoms with van der Waals surface area (Å²) >= 11 is 0. The molecule has 278 valence electrons. The molecule has 8 rings (SSSR count). The first kappa shape index (κ1) is 36.1. The molecule has 2 aliphatic heterocycles. The van der Waals surface area contributed by atoms with Gasteiger partial charge in [0, 0.05) is 37.6 Å². The molecule has 0 aromatic carbocycles. The van der Waals surface area contributed by atoms with Crippen molar-refractivity contribution in [3.05, 3.63) is 29.7 Å². The van der Waals surface area contributed by atoms with Crippen LogP contribution in [0.3, 0.4) is 0 Å². The molecule has 0 radical (unpaired) electrons. The summed E-state index contributed by atoms with van der Waals surface area (Å²) in [6.07, 6.45) is 7.45. The molecule has 17 heteroatoms. The van der Waals surface area contributed by atoms with E-state index in [9.17, 15) is 24.4 Å². The van der Waals surface area contributed by atoms with Gasteiger partial charge in [-0.15, -0.1) is 0 Å². The van der Waals surface area contributed by atoms with Crippen LogP contribution in [0, 0.1) is 35.0 Å². The van der Waals surface area contributed by atoms with E-state index in [1.54, 1.807) is 20.2 Å². The number of rotatable bonds is 5. The van der Waals surface area contributed by atoms with Crippen LogP contribution in [0.4, 0.5) is 5.82 Å². The first-order chi connectivity index (χ1) is 24.1. The Hall–Kier alpha value is -3.24. The number of carbonyl (C=O) groups is 2. The summed E-state index contributed by atoms with van der Waals surface area (Å²) in [7, 11) is -3.07. The largest absolute Gasteiger partial charge is 0.469 e. The summed E-state index contributed by atoms with van der Waals surface area (Å²) in [4.78, 5) is 49.4. The molecule has 2 aromatic rings. The Labute approximate surface area is 295 Å². The smallest absolute Gasteiger partial charge is 0.462 e. The molecular weight excluding hydrogens is 683 g/mol. The maximum atomic E-state index is 11.8. The number of amidine groups is 1. The SMILES string of the molecule is CC(=O)O[C@H]1CC[C@H]2[C@H]3[C@H](CC[C@]12C)[C@H]1CCC(=O)C=C1C[C@H]3C.CN1N=C(N)c2cn([C@@H]3O[C@H](COP(=O)(O)O)[C@@H](O)[C@H]3O)c3ncnc1c23. The average Bonchev–Trinajstić information content (AvgIpc) is 3.70. The Bertz CT molecular complexity index is 1830. The number of hydrogen-bond donors (Lipinski definition) is 5. The van der Waals surface area contributed by atoms with E-state index in [4.69, 9.17) is 25.0 Å². The molecule has 51 heavy (non-hydrogen) atoms. The standard InChI is InChI=1S/C21H30O3.C13H17N6O7P/c1-12-10-14-11-15(23)4-5-16(14)17-8-9-21(3)18(20(12)17)6-7-19(21)24-13(2)22;1-18-11-7-5(10(14)17-18)2-19(12(7)16-4-15-11)13-9(21)8(20)6(26-13)3-25-27(22,23)24/h11-12,16-20H,4-10H2,1-3H3;2,4,6,8-9,13,20-21H,3H2,1H3,(H2,14,17)(H2,22,23,24)/t12-,16+,17-,18+,19+,20-,21+;6-,8-,9-,13-/m11/s1. The van der Waals surface area contributed by atoms with Gasteiger partial charge < -0.3 is 39.8 Å². The van der Waals surface area contributed by atoms with E-state index in [0.29, 0.717) is 46.0 Å². The van der Waals surface area contributed by atoms with E-state index in [0.717, 1.165) is 37.5 Å². The minimum atomic E-state index is -4.75. The van der Waals surface area contributed by atoms with Crippen LogP contribution in [0.15, 0.2) is 29.3 Å². The lowest BCUT2D eigenvalue weighted by Crippen LogP contribution is -2.50. The summed E-state index contributed by atoms with van der Waals surface area (Å²) in [6, 6.07) is 0. The fourth-order valence-electron chi connectivity index (χ4n) is 10.2. The van der Waals surface area contributed by atoms with Gasteiger partial charge in [0.25, 0.3) is 0 Å². The number of hydrogen-bond acceptors (Lipinski definition) is 13. The predicted molar refractivity (Wildman–Crippen MR) is 183 cm³/mol. The second-order valence-corrected chi connectivity index (χ2v) is 16.5. The molecule has 0 amide bonds. The van der Waals surface area contributed by atoms with Crippen LogP contribution in [0.25, 0.3) is 11.0 Å². The van der Waals surface area contributed by atoms with Gasteiger partial charge in [0.15, 0.2) is 23.7 Å². The van der Waals surface area contributed by atoms with Crippen molar-refractivity contribution in [2.45, 2.75) is 96.4 Å². The number of aromatic nitrogens is 3. The number of anilines is 1.